The Morgan fingerprint density at radius 2 is 1.71 bits per heavy atom. The van der Waals surface area contributed by atoms with Gasteiger partial charge in [0.15, 0.2) is 6.61 Å². The Morgan fingerprint density at radius 3 is 2.50 bits per heavy atom. The Kier molecular flexibility index (Phi) is 5.69. The molecule has 0 amide bonds. The highest BCUT2D eigenvalue weighted by atomic mass is 19.1. The standard InChI is InChI=1S/C20H13F3N2O3/c21-12-3-1-4-14(9-12)25-19-15(5-2-8-24-19)20(27)28-11-18(26)16-10-13(22)6-7-17(16)23/h1-10H,11H2,(H,24,25). The summed E-state index contributed by atoms with van der Waals surface area (Å²) in [6.45, 7) is -0.784. The molecule has 28 heavy (non-hydrogen) atoms. The van der Waals surface area contributed by atoms with Crippen molar-refractivity contribution < 1.29 is 27.5 Å². The summed E-state index contributed by atoms with van der Waals surface area (Å²) in [4.78, 5) is 28.3. The van der Waals surface area contributed by atoms with Crippen molar-refractivity contribution in [2.45, 2.75) is 0 Å². The van der Waals surface area contributed by atoms with E-state index in [0.717, 1.165) is 18.2 Å². The zero-order chi connectivity index (χ0) is 20.1. The van der Waals surface area contributed by atoms with Gasteiger partial charge in [0.1, 0.15) is 28.8 Å². The summed E-state index contributed by atoms with van der Waals surface area (Å²) < 4.78 is 45.0. The third-order valence-corrected chi connectivity index (χ3v) is 3.68. The van der Waals surface area contributed by atoms with E-state index in [1.165, 1.54) is 36.5 Å². The van der Waals surface area contributed by atoms with Crippen LogP contribution in [0.5, 0.6) is 0 Å². The van der Waals surface area contributed by atoms with Crippen LogP contribution in [0.2, 0.25) is 0 Å². The van der Waals surface area contributed by atoms with E-state index < -0.39 is 41.4 Å². The SMILES string of the molecule is O=C(COC(=O)c1cccnc1Nc1cccc(F)c1)c1cc(F)ccc1F. The fourth-order valence-electron chi connectivity index (χ4n) is 2.37. The van der Waals surface area contributed by atoms with Gasteiger partial charge in [-0.1, -0.05) is 6.07 Å². The first-order valence-corrected chi connectivity index (χ1v) is 8.07. The van der Waals surface area contributed by atoms with Gasteiger partial charge in [-0.05, 0) is 48.5 Å². The molecule has 0 atom stereocenters. The van der Waals surface area contributed by atoms with Gasteiger partial charge >= 0.3 is 5.97 Å². The fraction of sp³-hybridized carbons (Fsp3) is 0.0500. The van der Waals surface area contributed by atoms with Crippen molar-refractivity contribution >= 4 is 23.3 Å². The number of pyridine rings is 1. The molecule has 0 bridgehead atoms. The maximum absolute atomic E-state index is 13.6. The number of halogens is 3. The molecule has 0 aliphatic carbocycles. The quantitative estimate of drug-likeness (QED) is 0.506. The summed E-state index contributed by atoms with van der Waals surface area (Å²) in [6, 6.07) is 10.8. The lowest BCUT2D eigenvalue weighted by atomic mass is 10.1. The maximum Gasteiger partial charge on any atom is 0.342 e. The molecule has 142 valence electrons. The van der Waals surface area contributed by atoms with Gasteiger partial charge < -0.3 is 10.1 Å². The number of hydrogen-bond acceptors (Lipinski definition) is 5. The van der Waals surface area contributed by atoms with Crippen LogP contribution in [0.15, 0.2) is 60.8 Å². The fourth-order valence-corrected chi connectivity index (χ4v) is 2.37. The number of nitrogens with one attached hydrogen (secondary N) is 1. The van der Waals surface area contributed by atoms with E-state index >= 15 is 0 Å². The molecule has 3 rings (SSSR count). The van der Waals surface area contributed by atoms with Gasteiger partial charge in [0, 0.05) is 11.9 Å². The van der Waals surface area contributed by atoms with Gasteiger partial charge in [-0.2, -0.15) is 0 Å². The Morgan fingerprint density at radius 1 is 0.929 bits per heavy atom. The van der Waals surface area contributed by atoms with Crippen LogP contribution in [0, 0.1) is 17.5 Å². The molecule has 0 unspecified atom stereocenters. The molecule has 3 aromatic rings. The lowest BCUT2D eigenvalue weighted by Gasteiger charge is -2.11. The molecule has 0 aliphatic heterocycles. The first kappa shape index (κ1) is 19.1. The number of nitrogens with zero attached hydrogens (tertiary/aromatic N) is 1. The number of anilines is 2. The molecule has 0 spiro atoms. The highest BCUT2D eigenvalue weighted by Gasteiger charge is 2.18. The van der Waals surface area contributed by atoms with Gasteiger partial charge in [0.05, 0.1) is 5.56 Å². The van der Waals surface area contributed by atoms with Crippen LogP contribution < -0.4 is 5.32 Å². The Balaban J connectivity index is 1.72. The number of ether oxygens (including phenoxy) is 1. The number of esters is 1. The number of hydrogen-bond donors (Lipinski definition) is 1. The summed E-state index contributed by atoms with van der Waals surface area (Å²) in [5.41, 5.74) is -0.179. The minimum Gasteiger partial charge on any atom is -0.454 e. The predicted octanol–water partition coefficient (Wildman–Crippen LogP) is 4.28. The van der Waals surface area contributed by atoms with E-state index in [4.69, 9.17) is 4.74 Å². The second-order valence-corrected chi connectivity index (χ2v) is 5.66. The lowest BCUT2D eigenvalue weighted by Crippen LogP contribution is -2.17. The molecule has 8 heteroatoms. The first-order valence-electron chi connectivity index (χ1n) is 8.07. The van der Waals surface area contributed by atoms with Gasteiger partial charge in [0.25, 0.3) is 0 Å². The van der Waals surface area contributed by atoms with Gasteiger partial charge in [-0.25, -0.2) is 22.9 Å². The van der Waals surface area contributed by atoms with E-state index in [1.54, 1.807) is 6.07 Å². The van der Waals surface area contributed by atoms with Gasteiger partial charge in [-0.15, -0.1) is 0 Å². The van der Waals surface area contributed by atoms with Crippen molar-refractivity contribution in [3.8, 4) is 0 Å². The Labute approximate surface area is 157 Å². The van der Waals surface area contributed by atoms with E-state index in [2.05, 4.69) is 10.3 Å². The number of ketones is 1. The van der Waals surface area contributed by atoms with E-state index in [0.29, 0.717) is 5.69 Å². The molecule has 1 heterocycles. The van der Waals surface area contributed by atoms with Crippen molar-refractivity contribution in [1.82, 2.24) is 4.98 Å². The predicted molar refractivity (Wildman–Crippen MR) is 94.9 cm³/mol. The summed E-state index contributed by atoms with van der Waals surface area (Å²) in [7, 11) is 0. The molecule has 0 saturated carbocycles. The second-order valence-electron chi connectivity index (χ2n) is 5.66. The van der Waals surface area contributed by atoms with Crippen molar-refractivity contribution in [1.29, 1.82) is 0 Å². The molecule has 0 fully saturated rings. The van der Waals surface area contributed by atoms with E-state index in [-0.39, 0.29) is 11.4 Å². The zero-order valence-electron chi connectivity index (χ0n) is 14.3. The molecule has 0 saturated heterocycles. The topological polar surface area (TPSA) is 68.3 Å². The first-order chi connectivity index (χ1) is 13.4. The Bertz CT molecular complexity index is 1040. The molecule has 0 aliphatic rings. The van der Waals surface area contributed by atoms with Gasteiger partial charge in [-0.3, -0.25) is 4.79 Å². The van der Waals surface area contributed by atoms with Crippen LogP contribution in [-0.2, 0) is 4.74 Å². The monoisotopic (exact) mass is 386 g/mol. The van der Waals surface area contributed by atoms with E-state index in [1.807, 2.05) is 0 Å². The van der Waals surface area contributed by atoms with Crippen LogP contribution in [0.4, 0.5) is 24.7 Å². The van der Waals surface area contributed by atoms with E-state index in [9.17, 15) is 22.8 Å². The minimum atomic E-state index is -0.919. The molecule has 1 N–H and O–H groups in total. The van der Waals surface area contributed by atoms with Crippen molar-refractivity contribution in [3.63, 3.8) is 0 Å². The summed E-state index contributed by atoms with van der Waals surface area (Å²) in [5.74, 6) is -3.90. The third kappa shape index (κ3) is 4.53. The van der Waals surface area contributed by atoms with Crippen LogP contribution in [0.1, 0.15) is 20.7 Å². The molecular formula is C20H13F3N2O3. The average molecular weight is 386 g/mol. The summed E-state index contributed by atoms with van der Waals surface area (Å²) in [5, 5.41) is 2.78. The molecule has 0 radical (unpaired) electrons. The number of carbonyl (C=O) groups is 2. The third-order valence-electron chi connectivity index (χ3n) is 3.68. The van der Waals surface area contributed by atoms with Crippen LogP contribution in [-0.4, -0.2) is 23.3 Å². The van der Waals surface area contributed by atoms with Crippen molar-refractivity contribution in [2.24, 2.45) is 0 Å². The normalized spacial score (nSPS) is 10.4. The second kappa shape index (κ2) is 8.34. The molecule has 1 aromatic heterocycles. The number of aromatic nitrogens is 1. The highest BCUT2D eigenvalue weighted by molar-refractivity contribution is 6.00. The lowest BCUT2D eigenvalue weighted by molar-refractivity contribution is 0.0474. The zero-order valence-corrected chi connectivity index (χ0v) is 14.3. The number of rotatable bonds is 6. The minimum absolute atomic E-state index is 0.0146. The molecule has 5 nitrogen and oxygen atoms in total. The number of carbonyl (C=O) groups excluding carboxylic acids is 2. The molecule has 2 aromatic carbocycles. The van der Waals surface area contributed by atoms with Crippen LogP contribution in [0.25, 0.3) is 0 Å². The Hall–Kier alpha value is -3.68. The van der Waals surface area contributed by atoms with Crippen LogP contribution in [0.3, 0.4) is 0 Å². The summed E-state index contributed by atoms with van der Waals surface area (Å²) >= 11 is 0. The highest BCUT2D eigenvalue weighted by Crippen LogP contribution is 2.20. The van der Waals surface area contributed by atoms with Crippen LogP contribution >= 0.6 is 0 Å². The van der Waals surface area contributed by atoms with Crippen molar-refractivity contribution in [3.05, 3.63) is 89.4 Å². The smallest absolute Gasteiger partial charge is 0.342 e. The average Bonchev–Trinajstić information content (AvgIpc) is 2.68. The van der Waals surface area contributed by atoms with Crippen molar-refractivity contribution in [2.75, 3.05) is 11.9 Å². The summed E-state index contributed by atoms with van der Waals surface area (Å²) in [6.07, 6.45) is 1.41. The van der Waals surface area contributed by atoms with Gasteiger partial charge in [0.2, 0.25) is 5.78 Å². The number of Topliss-reactive ketones (excluding diaryl/α,β-unsaturated/α-hetero) is 1. The number of benzene rings is 2. The largest absolute Gasteiger partial charge is 0.454 e. The molecular weight excluding hydrogens is 373 g/mol. The maximum atomic E-state index is 13.6.